The SMILES string of the molecule is Cc1nn(C(C)C)c(N(C)CCCc2ccccc2)c1N. The third kappa shape index (κ3) is 3.57. The molecule has 1 heterocycles. The second-order valence-electron chi connectivity index (χ2n) is 5.87. The lowest BCUT2D eigenvalue weighted by Gasteiger charge is -2.22. The largest absolute Gasteiger partial charge is 0.394 e. The Labute approximate surface area is 127 Å². The van der Waals surface area contributed by atoms with Crippen LogP contribution in [0.4, 0.5) is 11.5 Å². The van der Waals surface area contributed by atoms with Gasteiger partial charge < -0.3 is 10.6 Å². The van der Waals surface area contributed by atoms with E-state index in [-0.39, 0.29) is 0 Å². The lowest BCUT2D eigenvalue weighted by molar-refractivity contribution is 0.525. The number of hydrogen-bond acceptors (Lipinski definition) is 3. The van der Waals surface area contributed by atoms with E-state index in [4.69, 9.17) is 5.73 Å². The number of aryl methyl sites for hydroxylation is 2. The molecule has 0 bridgehead atoms. The van der Waals surface area contributed by atoms with E-state index in [2.05, 4.69) is 61.2 Å². The van der Waals surface area contributed by atoms with Gasteiger partial charge in [-0.15, -0.1) is 0 Å². The van der Waals surface area contributed by atoms with Crippen molar-refractivity contribution >= 4 is 11.5 Å². The van der Waals surface area contributed by atoms with Gasteiger partial charge in [0.2, 0.25) is 0 Å². The van der Waals surface area contributed by atoms with E-state index >= 15 is 0 Å². The van der Waals surface area contributed by atoms with Crippen molar-refractivity contribution in [1.82, 2.24) is 9.78 Å². The standard InChI is InChI=1S/C17H26N4/c1-13(2)21-17(16(18)14(3)19-21)20(4)12-8-11-15-9-6-5-7-10-15/h5-7,9-10,13H,8,11-12,18H2,1-4H3. The summed E-state index contributed by atoms with van der Waals surface area (Å²) in [5.74, 6) is 1.04. The van der Waals surface area contributed by atoms with Crippen molar-refractivity contribution in [2.24, 2.45) is 0 Å². The van der Waals surface area contributed by atoms with Crippen LogP contribution in [0, 0.1) is 6.92 Å². The van der Waals surface area contributed by atoms with Gasteiger partial charge in [-0.25, -0.2) is 4.68 Å². The maximum absolute atomic E-state index is 6.20. The number of nitrogens with two attached hydrogens (primary N) is 1. The van der Waals surface area contributed by atoms with Gasteiger partial charge in [-0.1, -0.05) is 30.3 Å². The Kier molecular flexibility index (Phi) is 4.89. The summed E-state index contributed by atoms with van der Waals surface area (Å²) in [6.07, 6.45) is 2.18. The fourth-order valence-electron chi connectivity index (χ4n) is 2.56. The zero-order chi connectivity index (χ0) is 15.4. The second-order valence-corrected chi connectivity index (χ2v) is 5.87. The molecule has 21 heavy (non-hydrogen) atoms. The molecule has 0 aliphatic carbocycles. The van der Waals surface area contributed by atoms with Crippen LogP contribution in [0.15, 0.2) is 30.3 Å². The van der Waals surface area contributed by atoms with Gasteiger partial charge >= 0.3 is 0 Å². The topological polar surface area (TPSA) is 47.1 Å². The van der Waals surface area contributed by atoms with E-state index in [0.29, 0.717) is 6.04 Å². The van der Waals surface area contributed by atoms with E-state index in [1.807, 2.05) is 11.6 Å². The maximum atomic E-state index is 6.20. The zero-order valence-corrected chi connectivity index (χ0v) is 13.5. The van der Waals surface area contributed by atoms with Gasteiger partial charge in [-0.05, 0) is 39.2 Å². The first-order chi connectivity index (χ1) is 10.0. The van der Waals surface area contributed by atoms with Gasteiger partial charge in [-0.2, -0.15) is 5.10 Å². The molecule has 114 valence electrons. The minimum absolute atomic E-state index is 0.313. The Morgan fingerprint density at radius 2 is 1.90 bits per heavy atom. The first-order valence-electron chi connectivity index (χ1n) is 7.60. The van der Waals surface area contributed by atoms with Crippen molar-refractivity contribution in [3.05, 3.63) is 41.6 Å². The van der Waals surface area contributed by atoms with Gasteiger partial charge in [0, 0.05) is 19.6 Å². The van der Waals surface area contributed by atoms with Crippen LogP contribution < -0.4 is 10.6 Å². The molecule has 0 aliphatic rings. The van der Waals surface area contributed by atoms with Gasteiger partial charge in [0.15, 0.2) is 5.82 Å². The molecule has 1 aromatic heterocycles. The number of aromatic nitrogens is 2. The maximum Gasteiger partial charge on any atom is 0.150 e. The van der Waals surface area contributed by atoms with Crippen LogP contribution >= 0.6 is 0 Å². The number of hydrogen-bond donors (Lipinski definition) is 1. The van der Waals surface area contributed by atoms with E-state index in [0.717, 1.165) is 36.6 Å². The summed E-state index contributed by atoms with van der Waals surface area (Å²) in [6.45, 7) is 7.20. The van der Waals surface area contributed by atoms with Crippen molar-refractivity contribution in [3.8, 4) is 0 Å². The molecule has 0 saturated carbocycles. The van der Waals surface area contributed by atoms with E-state index in [9.17, 15) is 0 Å². The Bertz CT molecular complexity index is 572. The molecule has 1 aromatic carbocycles. The molecule has 4 nitrogen and oxygen atoms in total. The highest BCUT2D eigenvalue weighted by atomic mass is 15.4. The van der Waals surface area contributed by atoms with E-state index in [1.165, 1.54) is 5.56 Å². The summed E-state index contributed by atoms with van der Waals surface area (Å²) in [4.78, 5) is 2.22. The van der Waals surface area contributed by atoms with Gasteiger partial charge in [0.1, 0.15) is 0 Å². The molecule has 0 spiro atoms. The fraction of sp³-hybridized carbons (Fsp3) is 0.471. The molecule has 2 rings (SSSR count). The Morgan fingerprint density at radius 1 is 1.24 bits per heavy atom. The number of rotatable bonds is 6. The lowest BCUT2D eigenvalue weighted by atomic mass is 10.1. The highest BCUT2D eigenvalue weighted by Gasteiger charge is 2.17. The average Bonchev–Trinajstić information content (AvgIpc) is 2.76. The van der Waals surface area contributed by atoms with Crippen LogP contribution in [-0.2, 0) is 6.42 Å². The molecule has 0 amide bonds. The van der Waals surface area contributed by atoms with Gasteiger partial charge in [0.25, 0.3) is 0 Å². The predicted octanol–water partition coefficient (Wildman–Crippen LogP) is 3.42. The number of nitrogens with zero attached hydrogens (tertiary/aromatic N) is 3. The molecule has 2 aromatic rings. The molecule has 0 unspecified atom stereocenters. The Balaban J connectivity index is 2.02. The van der Waals surface area contributed by atoms with Crippen LogP contribution in [0.2, 0.25) is 0 Å². The molecule has 0 fully saturated rings. The van der Waals surface area contributed by atoms with Crippen LogP contribution in [-0.4, -0.2) is 23.4 Å². The van der Waals surface area contributed by atoms with Gasteiger partial charge in [0.05, 0.1) is 11.4 Å². The van der Waals surface area contributed by atoms with E-state index < -0.39 is 0 Å². The molecule has 0 saturated heterocycles. The smallest absolute Gasteiger partial charge is 0.150 e. The number of nitrogen functional groups attached to an aromatic ring is 1. The monoisotopic (exact) mass is 286 g/mol. The molecular weight excluding hydrogens is 260 g/mol. The van der Waals surface area contributed by atoms with Crippen molar-refractivity contribution in [1.29, 1.82) is 0 Å². The number of anilines is 2. The summed E-state index contributed by atoms with van der Waals surface area (Å²) in [6, 6.07) is 10.9. The van der Waals surface area contributed by atoms with Crippen LogP contribution in [0.3, 0.4) is 0 Å². The summed E-state index contributed by atoms with van der Waals surface area (Å²) < 4.78 is 2.02. The van der Waals surface area contributed by atoms with Crippen LogP contribution in [0.25, 0.3) is 0 Å². The molecular formula is C17H26N4. The summed E-state index contributed by atoms with van der Waals surface area (Å²) in [7, 11) is 2.09. The molecule has 2 N–H and O–H groups in total. The molecule has 0 atom stereocenters. The first kappa shape index (κ1) is 15.4. The van der Waals surface area contributed by atoms with Gasteiger partial charge in [-0.3, -0.25) is 0 Å². The highest BCUT2D eigenvalue weighted by molar-refractivity contribution is 5.66. The summed E-state index contributed by atoms with van der Waals surface area (Å²) in [5.41, 5.74) is 9.29. The zero-order valence-electron chi connectivity index (χ0n) is 13.5. The van der Waals surface area contributed by atoms with Crippen LogP contribution in [0.5, 0.6) is 0 Å². The Morgan fingerprint density at radius 3 is 2.52 bits per heavy atom. The van der Waals surface area contributed by atoms with Crippen molar-refractivity contribution in [2.45, 2.75) is 39.7 Å². The third-order valence-electron chi connectivity index (χ3n) is 3.76. The molecule has 0 radical (unpaired) electrons. The average molecular weight is 286 g/mol. The van der Waals surface area contributed by atoms with Crippen molar-refractivity contribution in [2.75, 3.05) is 24.2 Å². The summed E-state index contributed by atoms with van der Waals surface area (Å²) in [5, 5.41) is 4.55. The van der Waals surface area contributed by atoms with E-state index in [1.54, 1.807) is 0 Å². The number of benzene rings is 1. The summed E-state index contributed by atoms with van der Waals surface area (Å²) >= 11 is 0. The van der Waals surface area contributed by atoms with Crippen molar-refractivity contribution < 1.29 is 0 Å². The normalized spacial score (nSPS) is 11.1. The predicted molar refractivity (Wildman–Crippen MR) is 89.8 cm³/mol. The quantitative estimate of drug-likeness (QED) is 0.885. The Hall–Kier alpha value is -1.97. The molecule has 4 heteroatoms. The minimum Gasteiger partial charge on any atom is -0.394 e. The third-order valence-corrected chi connectivity index (χ3v) is 3.76. The second kappa shape index (κ2) is 6.66. The lowest BCUT2D eigenvalue weighted by Crippen LogP contribution is -2.24. The first-order valence-corrected chi connectivity index (χ1v) is 7.60. The fourth-order valence-corrected chi connectivity index (χ4v) is 2.56. The van der Waals surface area contributed by atoms with Crippen LogP contribution in [0.1, 0.15) is 37.6 Å². The van der Waals surface area contributed by atoms with Crippen molar-refractivity contribution in [3.63, 3.8) is 0 Å². The minimum atomic E-state index is 0.313. The highest BCUT2D eigenvalue weighted by Crippen LogP contribution is 2.28. The molecule has 0 aliphatic heterocycles.